The van der Waals surface area contributed by atoms with Gasteiger partial charge in [0.2, 0.25) is 0 Å². The molecule has 0 spiro atoms. The van der Waals surface area contributed by atoms with E-state index in [9.17, 15) is 0 Å². The largest absolute Gasteiger partial charge is 0.378 e. The highest BCUT2D eigenvalue weighted by Gasteiger charge is 2.22. The topological polar surface area (TPSA) is 34.2 Å². The summed E-state index contributed by atoms with van der Waals surface area (Å²) in [6.07, 6.45) is 1.17. The van der Waals surface area contributed by atoms with E-state index >= 15 is 0 Å². The van der Waals surface area contributed by atoms with Crippen LogP contribution in [0.25, 0.3) is 0 Å². The SMILES string of the molecule is CCCNCc1sc(C2CSCCS2)nc1COC. The minimum atomic E-state index is 0.583. The quantitative estimate of drug-likeness (QED) is 0.780. The molecule has 1 N–H and O–H groups in total. The zero-order valence-corrected chi connectivity index (χ0v) is 14.1. The third-order valence-electron chi connectivity index (χ3n) is 2.88. The van der Waals surface area contributed by atoms with E-state index in [1.807, 2.05) is 23.1 Å². The monoisotopic (exact) mass is 318 g/mol. The van der Waals surface area contributed by atoms with E-state index in [0.717, 1.165) is 18.8 Å². The lowest BCUT2D eigenvalue weighted by Gasteiger charge is -2.18. The van der Waals surface area contributed by atoms with Crippen molar-refractivity contribution in [1.29, 1.82) is 0 Å². The molecule has 1 aromatic rings. The van der Waals surface area contributed by atoms with Crippen LogP contribution in [0.5, 0.6) is 0 Å². The van der Waals surface area contributed by atoms with Crippen LogP contribution in [0.4, 0.5) is 0 Å². The first-order valence-electron chi connectivity index (χ1n) is 6.72. The van der Waals surface area contributed by atoms with Crippen LogP contribution in [0, 0.1) is 0 Å². The van der Waals surface area contributed by atoms with Gasteiger partial charge in [-0.25, -0.2) is 4.98 Å². The van der Waals surface area contributed by atoms with Crippen molar-refractivity contribution in [2.24, 2.45) is 0 Å². The molecule has 0 aliphatic carbocycles. The van der Waals surface area contributed by atoms with Gasteiger partial charge in [0.15, 0.2) is 0 Å². The summed E-state index contributed by atoms with van der Waals surface area (Å²) in [7, 11) is 1.74. The van der Waals surface area contributed by atoms with Crippen LogP contribution in [0.3, 0.4) is 0 Å². The molecule has 0 amide bonds. The summed E-state index contributed by atoms with van der Waals surface area (Å²) in [4.78, 5) is 6.17. The molecule has 108 valence electrons. The number of aromatic nitrogens is 1. The third-order valence-corrected chi connectivity index (χ3v) is 7.00. The van der Waals surface area contributed by atoms with Crippen LogP contribution in [0.15, 0.2) is 0 Å². The molecule has 2 rings (SSSR count). The maximum Gasteiger partial charge on any atom is 0.107 e. The number of thioether (sulfide) groups is 2. The Kier molecular flexibility index (Phi) is 7.01. The van der Waals surface area contributed by atoms with Crippen LogP contribution in [0.2, 0.25) is 0 Å². The molecule has 19 heavy (non-hydrogen) atoms. The molecule has 1 aromatic heterocycles. The second-order valence-electron chi connectivity index (χ2n) is 4.47. The van der Waals surface area contributed by atoms with Crippen molar-refractivity contribution in [3.05, 3.63) is 15.6 Å². The molecule has 1 unspecified atom stereocenters. The Balaban J connectivity index is 2.04. The number of nitrogens with one attached hydrogen (secondary N) is 1. The maximum absolute atomic E-state index is 5.28. The first kappa shape index (κ1) is 15.6. The summed E-state index contributed by atoms with van der Waals surface area (Å²) >= 11 is 5.97. The Morgan fingerprint density at radius 1 is 1.42 bits per heavy atom. The Hall–Kier alpha value is 0.250. The molecule has 3 nitrogen and oxygen atoms in total. The fraction of sp³-hybridized carbons (Fsp3) is 0.769. The number of methoxy groups -OCH3 is 1. The Morgan fingerprint density at radius 2 is 2.32 bits per heavy atom. The molecule has 0 aromatic carbocycles. The second-order valence-corrected chi connectivity index (χ2v) is 8.04. The minimum absolute atomic E-state index is 0.583. The molecule has 0 radical (unpaired) electrons. The highest BCUT2D eigenvalue weighted by Crippen LogP contribution is 2.39. The van der Waals surface area contributed by atoms with Crippen LogP contribution >= 0.6 is 34.9 Å². The average molecular weight is 319 g/mol. The highest BCUT2D eigenvalue weighted by molar-refractivity contribution is 8.06. The molecule has 0 saturated carbocycles. The molecule has 6 heteroatoms. The third kappa shape index (κ3) is 4.63. The highest BCUT2D eigenvalue weighted by atomic mass is 32.2. The van der Waals surface area contributed by atoms with Gasteiger partial charge in [0.05, 0.1) is 17.6 Å². The summed E-state index contributed by atoms with van der Waals surface area (Å²) in [6.45, 7) is 4.81. The summed E-state index contributed by atoms with van der Waals surface area (Å²) in [5, 5.41) is 5.34. The number of ether oxygens (including phenoxy) is 1. The lowest BCUT2D eigenvalue weighted by atomic mass is 10.3. The molecule has 0 bridgehead atoms. The lowest BCUT2D eigenvalue weighted by molar-refractivity contribution is 0.181. The van der Waals surface area contributed by atoms with Gasteiger partial charge in [0, 0.05) is 35.8 Å². The van der Waals surface area contributed by atoms with E-state index in [1.54, 1.807) is 7.11 Å². The summed E-state index contributed by atoms with van der Waals surface area (Å²) in [5.41, 5.74) is 1.13. The molecule has 1 atom stereocenters. The van der Waals surface area contributed by atoms with Gasteiger partial charge in [-0.2, -0.15) is 11.8 Å². The minimum Gasteiger partial charge on any atom is -0.378 e. The van der Waals surface area contributed by atoms with E-state index < -0.39 is 0 Å². The van der Waals surface area contributed by atoms with Crippen molar-refractivity contribution in [2.75, 3.05) is 30.9 Å². The van der Waals surface area contributed by atoms with Crippen molar-refractivity contribution < 1.29 is 4.74 Å². The van der Waals surface area contributed by atoms with Crippen molar-refractivity contribution >= 4 is 34.9 Å². The van der Waals surface area contributed by atoms with Gasteiger partial charge >= 0.3 is 0 Å². The average Bonchev–Trinajstić information content (AvgIpc) is 2.84. The number of rotatable bonds is 7. The van der Waals surface area contributed by atoms with Crippen LogP contribution < -0.4 is 5.32 Å². The van der Waals surface area contributed by atoms with Crippen molar-refractivity contribution in [2.45, 2.75) is 31.7 Å². The first-order chi connectivity index (χ1) is 9.35. The smallest absolute Gasteiger partial charge is 0.107 e. The number of hydrogen-bond donors (Lipinski definition) is 1. The van der Waals surface area contributed by atoms with E-state index in [0.29, 0.717) is 11.9 Å². The van der Waals surface area contributed by atoms with Crippen LogP contribution in [-0.4, -0.2) is 35.9 Å². The van der Waals surface area contributed by atoms with E-state index in [4.69, 9.17) is 9.72 Å². The second kappa shape index (κ2) is 8.52. The van der Waals surface area contributed by atoms with Gasteiger partial charge in [0.25, 0.3) is 0 Å². The summed E-state index contributed by atoms with van der Waals surface area (Å²) < 4.78 is 5.28. The van der Waals surface area contributed by atoms with Crippen LogP contribution in [-0.2, 0) is 17.9 Å². The fourth-order valence-electron chi connectivity index (χ4n) is 1.94. The first-order valence-corrected chi connectivity index (χ1v) is 9.74. The molecular weight excluding hydrogens is 296 g/mol. The van der Waals surface area contributed by atoms with Crippen molar-refractivity contribution in [1.82, 2.24) is 10.3 Å². The predicted molar refractivity (Wildman–Crippen MR) is 87.3 cm³/mol. The normalized spacial score (nSPS) is 19.8. The summed E-state index contributed by atoms with van der Waals surface area (Å²) in [5.74, 6) is 3.73. The zero-order valence-electron chi connectivity index (χ0n) is 11.6. The van der Waals surface area contributed by atoms with Gasteiger partial charge in [-0.1, -0.05) is 6.92 Å². The lowest BCUT2D eigenvalue weighted by Crippen LogP contribution is -2.14. The van der Waals surface area contributed by atoms with E-state index in [2.05, 4.69) is 24.0 Å². The van der Waals surface area contributed by atoms with Gasteiger partial charge in [-0.15, -0.1) is 23.1 Å². The van der Waals surface area contributed by atoms with E-state index in [-0.39, 0.29) is 0 Å². The summed E-state index contributed by atoms with van der Waals surface area (Å²) in [6, 6.07) is 0. The molecular formula is C13H22N2OS3. The molecule has 1 saturated heterocycles. The maximum atomic E-state index is 5.28. The van der Waals surface area contributed by atoms with Gasteiger partial charge in [0.1, 0.15) is 5.01 Å². The number of nitrogens with zero attached hydrogens (tertiary/aromatic N) is 1. The fourth-order valence-corrected chi connectivity index (χ4v) is 5.96. The standard InChI is InChI=1S/C13H22N2OS3/c1-3-4-14-7-11-10(8-16-2)15-13(19-11)12-9-17-5-6-18-12/h12,14H,3-9H2,1-2H3. The molecule has 1 aliphatic heterocycles. The Morgan fingerprint density at radius 3 is 3.00 bits per heavy atom. The Labute approximate surface area is 128 Å². The molecule has 2 heterocycles. The molecule has 1 aliphatic rings. The number of thiazole rings is 1. The zero-order chi connectivity index (χ0) is 13.5. The van der Waals surface area contributed by atoms with Gasteiger partial charge in [-0.3, -0.25) is 0 Å². The number of hydrogen-bond acceptors (Lipinski definition) is 6. The van der Waals surface area contributed by atoms with Gasteiger partial charge in [-0.05, 0) is 13.0 Å². The van der Waals surface area contributed by atoms with Crippen molar-refractivity contribution in [3.63, 3.8) is 0 Å². The van der Waals surface area contributed by atoms with Crippen LogP contribution in [0.1, 0.15) is 34.2 Å². The van der Waals surface area contributed by atoms with Gasteiger partial charge < -0.3 is 10.1 Å². The molecule has 1 fully saturated rings. The predicted octanol–water partition coefficient (Wildman–Crippen LogP) is 3.31. The Bertz CT molecular complexity index is 378. The van der Waals surface area contributed by atoms with Crippen molar-refractivity contribution in [3.8, 4) is 0 Å². The van der Waals surface area contributed by atoms with E-state index in [1.165, 1.54) is 33.6 Å².